The highest BCUT2D eigenvalue weighted by molar-refractivity contribution is 6.30. The van der Waals surface area contributed by atoms with Crippen molar-refractivity contribution in [2.75, 3.05) is 11.9 Å². The van der Waals surface area contributed by atoms with Crippen molar-refractivity contribution in [1.29, 1.82) is 0 Å². The van der Waals surface area contributed by atoms with E-state index < -0.39 is 5.54 Å². The molecule has 2 N–H and O–H groups in total. The first-order valence-electron chi connectivity index (χ1n) is 5.42. The van der Waals surface area contributed by atoms with E-state index in [2.05, 4.69) is 10.6 Å². The van der Waals surface area contributed by atoms with Crippen LogP contribution in [0.3, 0.4) is 0 Å². The molecule has 86 valence electrons. The van der Waals surface area contributed by atoms with E-state index in [4.69, 9.17) is 11.6 Å². The van der Waals surface area contributed by atoms with Gasteiger partial charge in [-0.25, -0.2) is 0 Å². The van der Waals surface area contributed by atoms with Gasteiger partial charge in [-0.3, -0.25) is 4.79 Å². The molecular weight excluding hydrogens is 224 g/mol. The van der Waals surface area contributed by atoms with Gasteiger partial charge in [0.25, 0.3) is 0 Å². The Bertz CT molecular complexity index is 400. The van der Waals surface area contributed by atoms with Crippen LogP contribution in [-0.2, 0) is 4.79 Å². The lowest BCUT2D eigenvalue weighted by atomic mass is 9.99. The largest absolute Gasteiger partial charge is 0.324 e. The van der Waals surface area contributed by atoms with Gasteiger partial charge in [0.2, 0.25) is 5.91 Å². The maximum absolute atomic E-state index is 12.0. The molecule has 4 heteroatoms. The van der Waals surface area contributed by atoms with Gasteiger partial charge < -0.3 is 10.6 Å². The zero-order valence-corrected chi connectivity index (χ0v) is 9.97. The summed E-state index contributed by atoms with van der Waals surface area (Å²) in [5.74, 6) is 0.00673. The van der Waals surface area contributed by atoms with Crippen molar-refractivity contribution in [3.63, 3.8) is 0 Å². The molecular formula is C12H15ClN2O. The van der Waals surface area contributed by atoms with Crippen molar-refractivity contribution >= 4 is 23.2 Å². The number of carbonyl (C=O) groups excluding carboxylic acids is 1. The highest BCUT2D eigenvalue weighted by atomic mass is 35.5. The van der Waals surface area contributed by atoms with E-state index in [1.54, 1.807) is 12.1 Å². The van der Waals surface area contributed by atoms with Crippen LogP contribution in [0.5, 0.6) is 0 Å². The Morgan fingerprint density at radius 1 is 1.56 bits per heavy atom. The number of hydrogen-bond donors (Lipinski definition) is 2. The molecule has 1 heterocycles. The minimum Gasteiger partial charge on any atom is -0.324 e. The molecule has 1 amide bonds. The minimum atomic E-state index is -0.442. The van der Waals surface area contributed by atoms with E-state index in [0.717, 1.165) is 25.1 Å². The standard InChI is InChI=1S/C12H15ClN2O/c1-12(6-3-7-14-12)11(16)15-10-5-2-4-9(13)8-10/h2,4-5,8,14H,3,6-7H2,1H3,(H,15,16). The monoisotopic (exact) mass is 238 g/mol. The molecule has 0 saturated carbocycles. The maximum Gasteiger partial charge on any atom is 0.244 e. The van der Waals surface area contributed by atoms with Crippen molar-refractivity contribution in [3.8, 4) is 0 Å². The summed E-state index contributed by atoms with van der Waals surface area (Å²) >= 11 is 5.86. The van der Waals surface area contributed by atoms with Crippen LogP contribution in [0.2, 0.25) is 5.02 Å². The molecule has 1 aliphatic rings. The number of hydrogen-bond acceptors (Lipinski definition) is 2. The first kappa shape index (κ1) is 11.4. The normalized spacial score (nSPS) is 24.4. The molecule has 1 fully saturated rings. The average molecular weight is 239 g/mol. The lowest BCUT2D eigenvalue weighted by Crippen LogP contribution is -2.47. The molecule has 1 saturated heterocycles. The molecule has 1 aromatic rings. The number of halogens is 1. The summed E-state index contributed by atoms with van der Waals surface area (Å²) in [6.45, 7) is 2.83. The fourth-order valence-corrected chi connectivity index (χ4v) is 2.11. The maximum atomic E-state index is 12.0. The molecule has 1 aromatic carbocycles. The van der Waals surface area contributed by atoms with Crippen LogP contribution in [0.1, 0.15) is 19.8 Å². The van der Waals surface area contributed by atoms with E-state index in [1.165, 1.54) is 0 Å². The first-order chi connectivity index (χ1) is 7.60. The van der Waals surface area contributed by atoms with Crippen LogP contribution in [0.4, 0.5) is 5.69 Å². The summed E-state index contributed by atoms with van der Waals surface area (Å²) in [5.41, 5.74) is 0.301. The average Bonchev–Trinajstić information content (AvgIpc) is 2.66. The number of carbonyl (C=O) groups is 1. The Balaban J connectivity index is 2.07. The van der Waals surface area contributed by atoms with Gasteiger partial charge in [0.05, 0.1) is 5.54 Å². The van der Waals surface area contributed by atoms with Gasteiger partial charge in [-0.05, 0) is 44.5 Å². The Hall–Kier alpha value is -1.06. The second-order valence-electron chi connectivity index (χ2n) is 4.33. The van der Waals surface area contributed by atoms with Crippen LogP contribution in [-0.4, -0.2) is 18.0 Å². The van der Waals surface area contributed by atoms with Crippen LogP contribution >= 0.6 is 11.6 Å². The fraction of sp³-hybridized carbons (Fsp3) is 0.417. The Morgan fingerprint density at radius 3 is 3.00 bits per heavy atom. The van der Waals surface area contributed by atoms with Gasteiger partial charge in [0, 0.05) is 10.7 Å². The molecule has 1 aliphatic heterocycles. The van der Waals surface area contributed by atoms with E-state index in [9.17, 15) is 4.79 Å². The summed E-state index contributed by atoms with van der Waals surface area (Å²) in [6.07, 6.45) is 1.92. The lowest BCUT2D eigenvalue weighted by Gasteiger charge is -2.23. The summed E-state index contributed by atoms with van der Waals surface area (Å²) < 4.78 is 0. The molecule has 3 nitrogen and oxygen atoms in total. The molecule has 16 heavy (non-hydrogen) atoms. The Kier molecular flexibility index (Phi) is 3.17. The molecule has 0 radical (unpaired) electrons. The topological polar surface area (TPSA) is 41.1 Å². The third-order valence-electron chi connectivity index (χ3n) is 2.95. The van der Waals surface area contributed by atoms with Crippen LogP contribution < -0.4 is 10.6 Å². The predicted octanol–water partition coefficient (Wildman–Crippen LogP) is 2.42. The molecule has 2 rings (SSSR count). The van der Waals surface area contributed by atoms with Gasteiger partial charge in [-0.2, -0.15) is 0 Å². The van der Waals surface area contributed by atoms with Crippen LogP contribution in [0, 0.1) is 0 Å². The van der Waals surface area contributed by atoms with E-state index in [0.29, 0.717) is 5.02 Å². The highest BCUT2D eigenvalue weighted by Gasteiger charge is 2.35. The second kappa shape index (κ2) is 4.44. The number of rotatable bonds is 2. The van der Waals surface area contributed by atoms with Crippen molar-refractivity contribution in [3.05, 3.63) is 29.3 Å². The molecule has 0 bridgehead atoms. The summed E-state index contributed by atoms with van der Waals surface area (Å²) in [5, 5.41) is 6.73. The summed E-state index contributed by atoms with van der Waals surface area (Å²) in [7, 11) is 0. The second-order valence-corrected chi connectivity index (χ2v) is 4.76. The van der Waals surface area contributed by atoms with Gasteiger partial charge in [-0.1, -0.05) is 17.7 Å². The van der Waals surface area contributed by atoms with E-state index in [-0.39, 0.29) is 5.91 Å². The number of amides is 1. The zero-order valence-electron chi connectivity index (χ0n) is 9.22. The Labute approximate surface area is 100 Å². The smallest absolute Gasteiger partial charge is 0.244 e. The van der Waals surface area contributed by atoms with Gasteiger partial charge in [-0.15, -0.1) is 0 Å². The van der Waals surface area contributed by atoms with Gasteiger partial charge in [0.1, 0.15) is 0 Å². The fourth-order valence-electron chi connectivity index (χ4n) is 1.92. The van der Waals surface area contributed by atoms with Crippen molar-refractivity contribution in [1.82, 2.24) is 5.32 Å². The quantitative estimate of drug-likeness (QED) is 0.831. The molecule has 0 aromatic heterocycles. The molecule has 0 spiro atoms. The summed E-state index contributed by atoms with van der Waals surface area (Å²) in [6, 6.07) is 7.19. The van der Waals surface area contributed by atoms with Gasteiger partial charge in [0.15, 0.2) is 0 Å². The van der Waals surface area contributed by atoms with E-state index in [1.807, 2.05) is 19.1 Å². The first-order valence-corrected chi connectivity index (χ1v) is 5.80. The summed E-state index contributed by atoms with van der Waals surface area (Å²) in [4.78, 5) is 12.0. The van der Waals surface area contributed by atoms with Gasteiger partial charge >= 0.3 is 0 Å². The van der Waals surface area contributed by atoms with Crippen molar-refractivity contribution < 1.29 is 4.79 Å². The third-order valence-corrected chi connectivity index (χ3v) is 3.19. The predicted molar refractivity (Wildman–Crippen MR) is 65.7 cm³/mol. The number of nitrogens with one attached hydrogen (secondary N) is 2. The SMILES string of the molecule is CC1(C(=O)Nc2cccc(Cl)c2)CCCN1. The van der Waals surface area contributed by atoms with Crippen LogP contribution in [0.15, 0.2) is 24.3 Å². The number of anilines is 1. The third kappa shape index (κ3) is 2.36. The van der Waals surface area contributed by atoms with Crippen molar-refractivity contribution in [2.24, 2.45) is 0 Å². The zero-order chi connectivity index (χ0) is 11.6. The molecule has 0 aliphatic carbocycles. The van der Waals surface area contributed by atoms with Crippen LogP contribution in [0.25, 0.3) is 0 Å². The molecule has 1 unspecified atom stereocenters. The van der Waals surface area contributed by atoms with Crippen molar-refractivity contribution in [2.45, 2.75) is 25.3 Å². The lowest BCUT2D eigenvalue weighted by molar-refractivity contribution is -0.121. The highest BCUT2D eigenvalue weighted by Crippen LogP contribution is 2.22. The Morgan fingerprint density at radius 2 is 2.38 bits per heavy atom. The number of benzene rings is 1. The molecule has 1 atom stereocenters. The minimum absolute atomic E-state index is 0.00673. The van der Waals surface area contributed by atoms with E-state index >= 15 is 0 Å².